The lowest BCUT2D eigenvalue weighted by Crippen LogP contribution is -1.97. The van der Waals surface area contributed by atoms with E-state index in [0.717, 1.165) is 66.2 Å². The average molecular weight is 600 g/mol. The highest BCUT2D eigenvalue weighted by Gasteiger charge is 2.18. The van der Waals surface area contributed by atoms with Gasteiger partial charge < -0.3 is 13.6 Å². The van der Waals surface area contributed by atoms with E-state index in [1.165, 1.54) is 21.8 Å². The van der Waals surface area contributed by atoms with Crippen LogP contribution in [-0.4, -0.2) is 9.13 Å². The first kappa shape index (κ1) is 25.7. The lowest BCUT2D eigenvalue weighted by atomic mass is 10.0. The second-order valence-corrected chi connectivity index (χ2v) is 12.1. The quantitative estimate of drug-likeness (QED) is 0.203. The normalized spacial score (nSPS) is 11.8. The molecular weight excluding hydrogens is 574 g/mol. The van der Waals surface area contributed by atoms with E-state index in [1.807, 2.05) is 30.3 Å². The van der Waals surface area contributed by atoms with Gasteiger partial charge in [-0.1, -0.05) is 84.9 Å². The van der Waals surface area contributed by atoms with Gasteiger partial charge in [0, 0.05) is 43.7 Å². The predicted molar refractivity (Wildman–Crippen MR) is 193 cm³/mol. The van der Waals surface area contributed by atoms with E-state index in [4.69, 9.17) is 4.42 Å². The Morgan fingerprint density at radius 2 is 1.00 bits per heavy atom. The molecule has 0 spiro atoms. The third kappa shape index (κ3) is 3.75. The molecule has 0 saturated heterocycles. The highest BCUT2D eigenvalue weighted by atomic mass is 16.3. The van der Waals surface area contributed by atoms with Crippen LogP contribution in [-0.2, 0) is 0 Å². The van der Waals surface area contributed by atoms with Gasteiger partial charge in [-0.15, -0.1) is 0 Å². The van der Waals surface area contributed by atoms with Gasteiger partial charge in [-0.05, 0) is 77.9 Å². The first-order chi connectivity index (χ1) is 23.2. The molecule has 0 atom stereocenters. The molecule has 4 nitrogen and oxygen atoms in total. The summed E-state index contributed by atoms with van der Waals surface area (Å²) in [6.45, 7) is 0. The zero-order valence-electron chi connectivity index (χ0n) is 25.2. The number of benzene rings is 7. The molecule has 0 fully saturated rings. The number of hydrogen-bond donors (Lipinski definition) is 0. The van der Waals surface area contributed by atoms with Crippen LogP contribution in [0.5, 0.6) is 0 Å². The van der Waals surface area contributed by atoms with E-state index in [9.17, 15) is 5.26 Å². The van der Waals surface area contributed by atoms with Crippen molar-refractivity contribution in [1.29, 1.82) is 5.26 Å². The summed E-state index contributed by atoms with van der Waals surface area (Å²) >= 11 is 0. The molecule has 0 amide bonds. The first-order valence-electron chi connectivity index (χ1n) is 15.7. The highest BCUT2D eigenvalue weighted by molar-refractivity contribution is 6.17. The van der Waals surface area contributed by atoms with Crippen molar-refractivity contribution in [3.63, 3.8) is 0 Å². The van der Waals surface area contributed by atoms with Crippen LogP contribution in [0.1, 0.15) is 5.56 Å². The summed E-state index contributed by atoms with van der Waals surface area (Å²) in [5.74, 6) is 0. The smallest absolute Gasteiger partial charge is 0.136 e. The molecule has 0 bridgehead atoms. The molecular formula is C43H25N3O. The third-order valence-electron chi connectivity index (χ3n) is 9.49. The summed E-state index contributed by atoms with van der Waals surface area (Å²) in [5, 5.41) is 17.1. The monoisotopic (exact) mass is 599 g/mol. The molecule has 10 rings (SSSR count). The van der Waals surface area contributed by atoms with Crippen LogP contribution >= 0.6 is 0 Å². The van der Waals surface area contributed by atoms with Gasteiger partial charge in [0.2, 0.25) is 0 Å². The molecule has 3 heterocycles. The van der Waals surface area contributed by atoms with Crippen molar-refractivity contribution in [2.24, 2.45) is 0 Å². The summed E-state index contributed by atoms with van der Waals surface area (Å²) in [7, 11) is 0. The van der Waals surface area contributed by atoms with Crippen LogP contribution in [0.25, 0.3) is 88.1 Å². The molecule has 0 saturated carbocycles. The fraction of sp³-hybridized carbons (Fsp3) is 0. The number of nitriles is 1. The van der Waals surface area contributed by atoms with Gasteiger partial charge in [-0.25, -0.2) is 0 Å². The van der Waals surface area contributed by atoms with E-state index >= 15 is 0 Å². The van der Waals surface area contributed by atoms with Crippen molar-refractivity contribution >= 4 is 65.6 Å². The summed E-state index contributed by atoms with van der Waals surface area (Å²) in [5.41, 5.74) is 10.9. The molecule has 7 aromatic carbocycles. The fourth-order valence-electron chi connectivity index (χ4n) is 7.46. The van der Waals surface area contributed by atoms with Crippen molar-refractivity contribution in [1.82, 2.24) is 9.13 Å². The maximum Gasteiger partial charge on any atom is 0.136 e. The van der Waals surface area contributed by atoms with Crippen LogP contribution in [0.3, 0.4) is 0 Å². The van der Waals surface area contributed by atoms with Crippen LogP contribution in [0.4, 0.5) is 0 Å². The Labute approximate surface area is 269 Å². The Morgan fingerprint density at radius 1 is 0.404 bits per heavy atom. The predicted octanol–water partition coefficient (Wildman–Crippen LogP) is 11.3. The number of hydrogen-bond acceptors (Lipinski definition) is 2. The Hall–Kier alpha value is -6.57. The van der Waals surface area contributed by atoms with Crippen LogP contribution in [0, 0.1) is 11.3 Å². The molecule has 47 heavy (non-hydrogen) atoms. The van der Waals surface area contributed by atoms with Gasteiger partial charge in [0.05, 0.1) is 33.7 Å². The van der Waals surface area contributed by atoms with Gasteiger partial charge in [0.1, 0.15) is 11.2 Å². The summed E-state index contributed by atoms with van der Waals surface area (Å²) in [4.78, 5) is 0. The van der Waals surface area contributed by atoms with Gasteiger partial charge in [-0.2, -0.15) is 5.26 Å². The molecule has 0 N–H and O–H groups in total. The molecule has 218 valence electrons. The van der Waals surface area contributed by atoms with E-state index in [1.54, 1.807) is 0 Å². The lowest BCUT2D eigenvalue weighted by molar-refractivity contribution is 0.669. The molecule has 10 aromatic rings. The van der Waals surface area contributed by atoms with Crippen LogP contribution in [0.2, 0.25) is 0 Å². The van der Waals surface area contributed by atoms with E-state index in [0.29, 0.717) is 5.56 Å². The zero-order chi connectivity index (χ0) is 31.1. The van der Waals surface area contributed by atoms with Crippen LogP contribution in [0.15, 0.2) is 156 Å². The largest absolute Gasteiger partial charge is 0.456 e. The zero-order valence-corrected chi connectivity index (χ0v) is 25.2. The maximum absolute atomic E-state index is 10.3. The summed E-state index contributed by atoms with van der Waals surface area (Å²) < 4.78 is 10.9. The molecule has 0 unspecified atom stereocenters. The maximum atomic E-state index is 10.3. The number of nitrogens with zero attached hydrogens (tertiary/aromatic N) is 3. The number of rotatable bonds is 3. The molecule has 0 aliphatic heterocycles. The van der Waals surface area contributed by atoms with Gasteiger partial charge in [-0.3, -0.25) is 0 Å². The second-order valence-electron chi connectivity index (χ2n) is 12.1. The lowest BCUT2D eigenvalue weighted by Gasteiger charge is -2.13. The van der Waals surface area contributed by atoms with Crippen molar-refractivity contribution in [2.45, 2.75) is 0 Å². The highest BCUT2D eigenvalue weighted by Crippen LogP contribution is 2.39. The van der Waals surface area contributed by atoms with Crippen molar-refractivity contribution < 1.29 is 4.42 Å². The molecule has 4 heteroatoms. The molecule has 0 radical (unpaired) electrons. The third-order valence-corrected chi connectivity index (χ3v) is 9.49. The topological polar surface area (TPSA) is 46.8 Å². The minimum atomic E-state index is 0.612. The standard InChI is InChI=1S/C43H25N3O/c44-26-27-20-29(28-10-9-11-30(22-28)45-38-16-5-1-12-32(38)33-13-2-6-17-39(33)45)23-31(21-27)46-40-18-7-3-14-34(40)36-25-43-37(24-41(36)46)35-15-4-8-19-42(35)47-43/h1-25H. The van der Waals surface area contributed by atoms with Crippen molar-refractivity contribution in [3.8, 4) is 28.6 Å². The Balaban J connectivity index is 1.21. The van der Waals surface area contributed by atoms with Crippen LogP contribution < -0.4 is 0 Å². The van der Waals surface area contributed by atoms with Crippen molar-refractivity contribution in [3.05, 3.63) is 157 Å². The number of furan rings is 1. The Kier molecular flexibility index (Phi) is 5.32. The Bertz CT molecular complexity index is 2880. The molecule has 0 aliphatic carbocycles. The minimum Gasteiger partial charge on any atom is -0.456 e. The Morgan fingerprint density at radius 3 is 1.70 bits per heavy atom. The SMILES string of the molecule is N#Cc1cc(-c2cccc(-n3c4ccccc4c4ccccc43)c2)cc(-n2c3ccccc3c3cc4oc5ccccc5c4cc32)c1. The minimum absolute atomic E-state index is 0.612. The van der Waals surface area contributed by atoms with Crippen molar-refractivity contribution in [2.75, 3.05) is 0 Å². The summed E-state index contributed by atoms with van der Waals surface area (Å²) in [6.07, 6.45) is 0. The van der Waals surface area contributed by atoms with E-state index in [2.05, 4.69) is 137 Å². The molecule has 0 aliphatic rings. The van der Waals surface area contributed by atoms with Gasteiger partial charge in [0.25, 0.3) is 0 Å². The van der Waals surface area contributed by atoms with E-state index < -0.39 is 0 Å². The molecule has 3 aromatic heterocycles. The number of aromatic nitrogens is 2. The average Bonchev–Trinajstić information content (AvgIpc) is 3.78. The van der Waals surface area contributed by atoms with E-state index in [-0.39, 0.29) is 0 Å². The first-order valence-corrected chi connectivity index (χ1v) is 15.7. The fourth-order valence-corrected chi connectivity index (χ4v) is 7.46. The second kappa shape index (κ2) is 9.71. The summed E-state index contributed by atoms with van der Waals surface area (Å²) in [6, 6.07) is 55.4. The number of para-hydroxylation sites is 4. The van der Waals surface area contributed by atoms with Gasteiger partial charge in [0.15, 0.2) is 0 Å². The number of fused-ring (bicyclic) bond motifs is 9. The van der Waals surface area contributed by atoms with Gasteiger partial charge >= 0.3 is 0 Å².